The molecule has 1 saturated heterocycles. The average Bonchev–Trinajstić information content (AvgIpc) is 3.23. The van der Waals surface area contributed by atoms with Gasteiger partial charge in [0.05, 0.1) is 15.8 Å². The number of thiophene rings is 1. The van der Waals surface area contributed by atoms with E-state index in [4.69, 9.17) is 16.1 Å². The summed E-state index contributed by atoms with van der Waals surface area (Å²) < 4.78 is 32.1. The number of hydrogen-bond donors (Lipinski definition) is 0. The molecule has 2 aromatic heterocycles. The fourth-order valence-corrected chi connectivity index (χ4v) is 6.28. The van der Waals surface area contributed by atoms with Crippen LogP contribution in [0.5, 0.6) is 0 Å². The number of nitrogens with zero attached hydrogens (tertiary/aromatic N) is 4. The number of amides is 1. The molecule has 3 rings (SSSR count). The van der Waals surface area contributed by atoms with E-state index in [2.05, 4.69) is 10.1 Å². The van der Waals surface area contributed by atoms with Crippen LogP contribution >= 0.6 is 34.7 Å². The quantitative estimate of drug-likeness (QED) is 0.681. The summed E-state index contributed by atoms with van der Waals surface area (Å²) in [4.78, 5) is 18.0. The molecule has 3 heterocycles. The molecule has 0 saturated carbocycles. The molecule has 0 atom stereocenters. The van der Waals surface area contributed by atoms with Crippen molar-refractivity contribution in [1.29, 1.82) is 0 Å². The lowest BCUT2D eigenvalue weighted by molar-refractivity contribution is -0.129. The number of aromatic nitrogens is 2. The molecular formula is C14H17ClN4O4S3. The Morgan fingerprint density at radius 2 is 2.08 bits per heavy atom. The lowest BCUT2D eigenvalue weighted by Crippen LogP contribution is -2.50. The Hall–Kier alpha value is -1.14. The van der Waals surface area contributed by atoms with Crippen molar-refractivity contribution >= 4 is 50.6 Å². The van der Waals surface area contributed by atoms with Gasteiger partial charge in [0.15, 0.2) is 5.82 Å². The summed E-state index contributed by atoms with van der Waals surface area (Å²) in [6.45, 7) is 3.01. The molecule has 1 amide bonds. The van der Waals surface area contributed by atoms with Crippen LogP contribution in [0.1, 0.15) is 11.7 Å². The van der Waals surface area contributed by atoms with Gasteiger partial charge in [-0.25, -0.2) is 8.42 Å². The number of rotatable bonds is 6. The highest BCUT2D eigenvalue weighted by atomic mass is 35.5. The molecule has 12 heteroatoms. The minimum Gasteiger partial charge on any atom is -0.340 e. The van der Waals surface area contributed by atoms with Crippen LogP contribution in [0.3, 0.4) is 0 Å². The van der Waals surface area contributed by atoms with Crippen molar-refractivity contribution in [3.05, 3.63) is 28.2 Å². The van der Waals surface area contributed by atoms with Gasteiger partial charge in [0.1, 0.15) is 4.21 Å². The minimum absolute atomic E-state index is 0.0218. The van der Waals surface area contributed by atoms with Crippen molar-refractivity contribution in [3.8, 4) is 0 Å². The molecule has 1 aliphatic heterocycles. The Morgan fingerprint density at radius 1 is 1.35 bits per heavy atom. The molecule has 0 unspecified atom stereocenters. The summed E-state index contributed by atoms with van der Waals surface area (Å²) in [6.07, 6.45) is 0. The van der Waals surface area contributed by atoms with E-state index in [-0.39, 0.29) is 23.2 Å². The highest BCUT2D eigenvalue weighted by molar-refractivity contribution is 7.99. The third-order valence-corrected chi connectivity index (χ3v) is 8.27. The van der Waals surface area contributed by atoms with Gasteiger partial charge in [-0.2, -0.15) is 9.29 Å². The van der Waals surface area contributed by atoms with Crippen LogP contribution < -0.4 is 0 Å². The SMILES string of the molecule is Cc1nc(CSCC(=O)N2CCN(S(=O)(=O)c3ccc(Cl)s3)CC2)no1. The molecule has 0 N–H and O–H groups in total. The first-order valence-corrected chi connectivity index (χ1v) is 11.6. The van der Waals surface area contributed by atoms with E-state index in [1.807, 2.05) is 0 Å². The van der Waals surface area contributed by atoms with Crippen molar-refractivity contribution < 1.29 is 17.7 Å². The molecule has 1 fully saturated rings. The van der Waals surface area contributed by atoms with Gasteiger partial charge in [-0.3, -0.25) is 4.79 Å². The molecule has 0 aromatic carbocycles. The number of sulfonamides is 1. The van der Waals surface area contributed by atoms with E-state index < -0.39 is 10.0 Å². The van der Waals surface area contributed by atoms with E-state index in [9.17, 15) is 13.2 Å². The monoisotopic (exact) mass is 436 g/mol. The van der Waals surface area contributed by atoms with Gasteiger partial charge in [0.2, 0.25) is 11.8 Å². The second-order valence-electron chi connectivity index (χ2n) is 5.57. The van der Waals surface area contributed by atoms with E-state index in [0.29, 0.717) is 40.6 Å². The maximum absolute atomic E-state index is 12.6. The maximum atomic E-state index is 12.6. The summed E-state index contributed by atoms with van der Waals surface area (Å²) in [5.41, 5.74) is 0. The van der Waals surface area contributed by atoms with Crippen LogP contribution in [0.2, 0.25) is 4.34 Å². The molecule has 0 radical (unpaired) electrons. The van der Waals surface area contributed by atoms with Crippen molar-refractivity contribution in [2.45, 2.75) is 16.9 Å². The molecule has 142 valence electrons. The summed E-state index contributed by atoms with van der Waals surface area (Å²) in [6, 6.07) is 3.08. The van der Waals surface area contributed by atoms with Gasteiger partial charge in [-0.15, -0.1) is 23.1 Å². The van der Waals surface area contributed by atoms with Gasteiger partial charge in [0, 0.05) is 33.1 Å². The van der Waals surface area contributed by atoms with Crippen molar-refractivity contribution in [1.82, 2.24) is 19.3 Å². The largest absolute Gasteiger partial charge is 0.340 e. The zero-order valence-electron chi connectivity index (χ0n) is 13.9. The lowest BCUT2D eigenvalue weighted by atomic mass is 10.3. The normalized spacial score (nSPS) is 16.2. The number of carbonyl (C=O) groups is 1. The predicted molar refractivity (Wildman–Crippen MR) is 99.9 cm³/mol. The third-order valence-electron chi connectivity index (χ3n) is 3.76. The Labute approximate surface area is 164 Å². The summed E-state index contributed by atoms with van der Waals surface area (Å²) in [5.74, 6) is 1.82. The smallest absolute Gasteiger partial charge is 0.252 e. The minimum atomic E-state index is -3.54. The van der Waals surface area contributed by atoms with Crippen LogP contribution in [0.15, 0.2) is 20.9 Å². The Balaban J connectivity index is 1.47. The van der Waals surface area contributed by atoms with Gasteiger partial charge in [0.25, 0.3) is 10.0 Å². The Kier molecular flexibility index (Phi) is 6.23. The first-order chi connectivity index (χ1) is 12.4. The van der Waals surface area contributed by atoms with Gasteiger partial charge < -0.3 is 9.42 Å². The highest BCUT2D eigenvalue weighted by Crippen LogP contribution is 2.28. The molecular weight excluding hydrogens is 420 g/mol. The molecule has 26 heavy (non-hydrogen) atoms. The lowest BCUT2D eigenvalue weighted by Gasteiger charge is -2.33. The Morgan fingerprint density at radius 3 is 2.65 bits per heavy atom. The van der Waals surface area contributed by atoms with Gasteiger partial charge in [-0.1, -0.05) is 16.8 Å². The predicted octanol–water partition coefficient (Wildman–Crippen LogP) is 1.86. The Bertz CT molecular complexity index is 874. The molecule has 0 aliphatic carbocycles. The first kappa shape index (κ1) is 19.6. The van der Waals surface area contributed by atoms with Gasteiger partial charge >= 0.3 is 0 Å². The van der Waals surface area contributed by atoms with Crippen LogP contribution in [0, 0.1) is 6.92 Å². The first-order valence-electron chi connectivity index (χ1n) is 7.76. The summed E-state index contributed by atoms with van der Waals surface area (Å²) in [5, 5.41) is 3.78. The molecule has 1 aliphatic rings. The van der Waals surface area contributed by atoms with Crippen molar-refractivity contribution in [2.24, 2.45) is 0 Å². The average molecular weight is 437 g/mol. The molecule has 0 spiro atoms. The fourth-order valence-electron chi connectivity index (χ4n) is 2.46. The van der Waals surface area contributed by atoms with E-state index in [0.717, 1.165) is 11.3 Å². The van der Waals surface area contributed by atoms with Gasteiger partial charge in [-0.05, 0) is 12.1 Å². The molecule has 0 bridgehead atoms. The number of hydrogen-bond acceptors (Lipinski definition) is 8. The highest BCUT2D eigenvalue weighted by Gasteiger charge is 2.31. The zero-order valence-corrected chi connectivity index (χ0v) is 17.1. The number of carbonyl (C=O) groups excluding carboxylic acids is 1. The molecule has 8 nitrogen and oxygen atoms in total. The van der Waals surface area contributed by atoms with E-state index in [1.165, 1.54) is 22.1 Å². The summed E-state index contributed by atoms with van der Waals surface area (Å²) >= 11 is 8.27. The van der Waals surface area contributed by atoms with E-state index >= 15 is 0 Å². The summed E-state index contributed by atoms with van der Waals surface area (Å²) in [7, 11) is -3.54. The third kappa shape index (κ3) is 4.58. The van der Waals surface area contributed by atoms with Crippen LogP contribution in [-0.2, 0) is 20.6 Å². The van der Waals surface area contributed by atoms with Crippen molar-refractivity contribution in [2.75, 3.05) is 31.9 Å². The van der Waals surface area contributed by atoms with Crippen LogP contribution in [0.4, 0.5) is 0 Å². The van der Waals surface area contributed by atoms with E-state index in [1.54, 1.807) is 17.9 Å². The number of halogens is 1. The topological polar surface area (TPSA) is 96.6 Å². The van der Waals surface area contributed by atoms with Crippen LogP contribution in [0.25, 0.3) is 0 Å². The fraction of sp³-hybridized carbons (Fsp3) is 0.500. The molecule has 2 aromatic rings. The standard InChI is InChI=1S/C14H17ClN4O4S3/c1-10-16-12(17-23-10)8-24-9-13(20)18-4-6-19(7-5-18)26(21,22)14-3-2-11(15)25-14/h2-3H,4-9H2,1H3. The number of aryl methyl sites for hydroxylation is 1. The second-order valence-corrected chi connectivity index (χ2v) is 10.4. The number of thioether (sulfide) groups is 1. The zero-order chi connectivity index (χ0) is 18.7. The van der Waals surface area contributed by atoms with Crippen LogP contribution in [-0.4, -0.2) is 65.6 Å². The maximum Gasteiger partial charge on any atom is 0.252 e. The number of piperazine rings is 1. The second kappa shape index (κ2) is 8.26. The van der Waals surface area contributed by atoms with Crippen molar-refractivity contribution in [3.63, 3.8) is 0 Å².